The quantitative estimate of drug-likeness (QED) is 0.608. The van der Waals surface area contributed by atoms with Crippen LogP contribution in [0.15, 0.2) is 34.9 Å². The zero-order chi connectivity index (χ0) is 20.9. The van der Waals surface area contributed by atoms with Gasteiger partial charge in [0.25, 0.3) is 0 Å². The Morgan fingerprint density at radius 2 is 1.87 bits per heavy atom. The Balaban J connectivity index is 1.66. The predicted molar refractivity (Wildman–Crippen MR) is 117 cm³/mol. The second-order valence-electron chi connectivity index (χ2n) is 8.61. The second-order valence-corrected chi connectivity index (χ2v) is 8.61. The fourth-order valence-corrected chi connectivity index (χ4v) is 4.43. The summed E-state index contributed by atoms with van der Waals surface area (Å²) in [6.07, 6.45) is 8.15. The summed E-state index contributed by atoms with van der Waals surface area (Å²) >= 11 is 0. The fourth-order valence-electron chi connectivity index (χ4n) is 4.43. The van der Waals surface area contributed by atoms with E-state index in [0.717, 1.165) is 35.5 Å². The normalized spacial score (nSPS) is 17.1. The smallest absolute Gasteiger partial charge is 0.232 e. The Morgan fingerprint density at radius 1 is 1.13 bits per heavy atom. The Kier molecular flexibility index (Phi) is 6.72. The SMILES string of the molecule is COCCN(Cc1c(-c2ccccc2)noc1N(C)C1CCCCC1)C(=O)C1CC1. The van der Waals surface area contributed by atoms with Crippen LogP contribution in [0.25, 0.3) is 11.3 Å². The molecule has 162 valence electrons. The van der Waals surface area contributed by atoms with Crippen molar-refractivity contribution in [2.75, 3.05) is 32.2 Å². The number of benzene rings is 1. The maximum atomic E-state index is 13.0. The Morgan fingerprint density at radius 3 is 2.53 bits per heavy atom. The number of ether oxygens (including phenoxy) is 1. The van der Waals surface area contributed by atoms with Gasteiger partial charge >= 0.3 is 0 Å². The molecule has 30 heavy (non-hydrogen) atoms. The zero-order valence-electron chi connectivity index (χ0n) is 18.2. The van der Waals surface area contributed by atoms with E-state index in [-0.39, 0.29) is 11.8 Å². The lowest BCUT2D eigenvalue weighted by Gasteiger charge is -2.32. The van der Waals surface area contributed by atoms with Gasteiger partial charge in [-0.15, -0.1) is 0 Å². The van der Waals surface area contributed by atoms with Crippen molar-refractivity contribution in [3.05, 3.63) is 35.9 Å². The molecule has 1 amide bonds. The molecule has 0 N–H and O–H groups in total. The van der Waals surface area contributed by atoms with Gasteiger partial charge in [-0.25, -0.2) is 0 Å². The minimum Gasteiger partial charge on any atom is -0.383 e. The van der Waals surface area contributed by atoms with Crippen LogP contribution in [-0.2, 0) is 16.1 Å². The molecule has 6 nitrogen and oxygen atoms in total. The number of carbonyl (C=O) groups is 1. The van der Waals surface area contributed by atoms with E-state index in [1.165, 1.54) is 32.1 Å². The molecule has 1 heterocycles. The second kappa shape index (κ2) is 9.65. The first-order chi connectivity index (χ1) is 14.7. The van der Waals surface area contributed by atoms with Crippen LogP contribution in [0.3, 0.4) is 0 Å². The average molecular weight is 412 g/mol. The van der Waals surface area contributed by atoms with E-state index in [0.29, 0.717) is 25.7 Å². The highest BCUT2D eigenvalue weighted by Crippen LogP contribution is 2.37. The standard InChI is InChI=1S/C24H33N3O3/c1-26(20-11-7-4-8-12-20)24-21(22(25-30-24)18-9-5-3-6-10-18)17-27(15-16-29-2)23(28)19-13-14-19/h3,5-6,9-10,19-20H,4,7-8,11-17H2,1-2H3. The van der Waals surface area contributed by atoms with Crippen molar-refractivity contribution in [1.82, 2.24) is 10.1 Å². The van der Waals surface area contributed by atoms with E-state index in [9.17, 15) is 4.79 Å². The number of hydrogen-bond donors (Lipinski definition) is 0. The molecule has 0 bridgehead atoms. The molecule has 4 rings (SSSR count). The van der Waals surface area contributed by atoms with Crippen LogP contribution in [0.1, 0.15) is 50.5 Å². The third kappa shape index (κ3) is 4.69. The molecule has 0 saturated heterocycles. The molecule has 0 aliphatic heterocycles. The van der Waals surface area contributed by atoms with Crippen molar-refractivity contribution in [3.63, 3.8) is 0 Å². The number of aromatic nitrogens is 1. The van der Waals surface area contributed by atoms with E-state index < -0.39 is 0 Å². The van der Waals surface area contributed by atoms with Gasteiger partial charge in [-0.3, -0.25) is 4.79 Å². The van der Waals surface area contributed by atoms with E-state index in [1.807, 2.05) is 35.2 Å². The summed E-state index contributed by atoms with van der Waals surface area (Å²) in [5, 5.41) is 4.47. The minimum absolute atomic E-state index is 0.168. The zero-order valence-corrected chi connectivity index (χ0v) is 18.2. The number of anilines is 1. The lowest BCUT2D eigenvalue weighted by molar-refractivity contribution is -0.133. The van der Waals surface area contributed by atoms with Crippen molar-refractivity contribution in [2.24, 2.45) is 5.92 Å². The van der Waals surface area contributed by atoms with Crippen LogP contribution in [0.2, 0.25) is 0 Å². The first kappa shape index (κ1) is 20.9. The summed E-state index contributed by atoms with van der Waals surface area (Å²) in [6, 6.07) is 10.6. The molecule has 1 aromatic heterocycles. The molecule has 2 saturated carbocycles. The van der Waals surface area contributed by atoms with Gasteiger partial charge < -0.3 is 19.1 Å². The van der Waals surface area contributed by atoms with Crippen LogP contribution in [0.4, 0.5) is 5.88 Å². The Hall–Kier alpha value is -2.34. The lowest BCUT2D eigenvalue weighted by Crippen LogP contribution is -2.36. The van der Waals surface area contributed by atoms with Gasteiger partial charge in [0.1, 0.15) is 5.69 Å². The molecule has 6 heteroatoms. The first-order valence-electron chi connectivity index (χ1n) is 11.2. The summed E-state index contributed by atoms with van der Waals surface area (Å²) in [5.74, 6) is 1.19. The van der Waals surface area contributed by atoms with Crippen LogP contribution >= 0.6 is 0 Å². The number of nitrogens with zero attached hydrogens (tertiary/aromatic N) is 3. The minimum atomic E-state index is 0.168. The number of rotatable bonds is 9. The van der Waals surface area contributed by atoms with E-state index in [4.69, 9.17) is 9.26 Å². The average Bonchev–Trinajstić information content (AvgIpc) is 3.57. The molecule has 2 aliphatic carbocycles. The highest BCUT2D eigenvalue weighted by Gasteiger charge is 2.35. The van der Waals surface area contributed by atoms with Gasteiger partial charge in [-0.2, -0.15) is 0 Å². The molecule has 0 atom stereocenters. The van der Waals surface area contributed by atoms with Crippen molar-refractivity contribution >= 4 is 11.8 Å². The van der Waals surface area contributed by atoms with Crippen LogP contribution in [-0.4, -0.2) is 49.3 Å². The van der Waals surface area contributed by atoms with E-state index >= 15 is 0 Å². The number of hydrogen-bond acceptors (Lipinski definition) is 5. The number of carbonyl (C=O) groups excluding carboxylic acids is 1. The van der Waals surface area contributed by atoms with Crippen molar-refractivity contribution in [3.8, 4) is 11.3 Å². The summed E-state index contributed by atoms with van der Waals surface area (Å²) in [6.45, 7) is 1.61. The van der Waals surface area contributed by atoms with Crippen molar-refractivity contribution in [1.29, 1.82) is 0 Å². The lowest BCUT2D eigenvalue weighted by atomic mass is 9.94. The largest absolute Gasteiger partial charge is 0.383 e. The maximum Gasteiger partial charge on any atom is 0.232 e. The molecule has 2 fully saturated rings. The molecule has 0 unspecified atom stereocenters. The fraction of sp³-hybridized carbons (Fsp3) is 0.583. The number of amides is 1. The summed E-state index contributed by atoms with van der Waals surface area (Å²) < 4.78 is 11.2. The van der Waals surface area contributed by atoms with Crippen LogP contribution < -0.4 is 4.90 Å². The summed E-state index contributed by atoms with van der Waals surface area (Å²) in [5.41, 5.74) is 2.85. The van der Waals surface area contributed by atoms with E-state index in [1.54, 1.807) is 7.11 Å². The van der Waals surface area contributed by atoms with Crippen molar-refractivity contribution in [2.45, 2.75) is 57.5 Å². The topological polar surface area (TPSA) is 58.8 Å². The predicted octanol–water partition coefficient (Wildman–Crippen LogP) is 4.50. The van der Waals surface area contributed by atoms with Gasteiger partial charge in [0, 0.05) is 38.2 Å². The molecule has 2 aliphatic rings. The molecule has 0 spiro atoms. The highest BCUT2D eigenvalue weighted by molar-refractivity contribution is 5.81. The molecular formula is C24H33N3O3. The summed E-state index contributed by atoms with van der Waals surface area (Å²) in [4.78, 5) is 17.2. The van der Waals surface area contributed by atoms with Gasteiger partial charge in [-0.05, 0) is 25.7 Å². The van der Waals surface area contributed by atoms with Crippen LogP contribution in [0, 0.1) is 5.92 Å². The van der Waals surface area contributed by atoms with Gasteiger partial charge in [0.15, 0.2) is 0 Å². The Labute approximate surface area is 179 Å². The van der Waals surface area contributed by atoms with E-state index in [2.05, 4.69) is 17.1 Å². The number of methoxy groups -OCH3 is 1. The third-order valence-electron chi connectivity index (χ3n) is 6.41. The first-order valence-corrected chi connectivity index (χ1v) is 11.2. The highest BCUT2D eigenvalue weighted by atomic mass is 16.5. The molecule has 2 aromatic rings. The van der Waals surface area contributed by atoms with Crippen LogP contribution in [0.5, 0.6) is 0 Å². The van der Waals surface area contributed by atoms with Crippen molar-refractivity contribution < 1.29 is 14.1 Å². The third-order valence-corrected chi connectivity index (χ3v) is 6.41. The monoisotopic (exact) mass is 411 g/mol. The maximum absolute atomic E-state index is 13.0. The van der Waals surface area contributed by atoms with Gasteiger partial charge in [0.05, 0.1) is 18.7 Å². The van der Waals surface area contributed by atoms with Gasteiger partial charge in [0.2, 0.25) is 11.8 Å². The van der Waals surface area contributed by atoms with Gasteiger partial charge in [-0.1, -0.05) is 54.8 Å². The molecular weight excluding hydrogens is 378 g/mol. The molecule has 0 radical (unpaired) electrons. The summed E-state index contributed by atoms with van der Waals surface area (Å²) in [7, 11) is 3.79. The Bertz CT molecular complexity index is 825. The molecule has 1 aromatic carbocycles.